The lowest BCUT2D eigenvalue weighted by atomic mass is 9.92. The molecule has 0 aromatic rings. The van der Waals surface area contributed by atoms with E-state index in [1.54, 1.807) is 0 Å². The van der Waals surface area contributed by atoms with Gasteiger partial charge in [-0.25, -0.2) is 0 Å². The SMILES string of the molecule is O=C(C(=O)C1CCOC1Cl)C1CCOC1Cl. The molecule has 0 bridgehead atoms. The van der Waals surface area contributed by atoms with E-state index < -0.39 is 34.5 Å². The Bertz CT molecular complexity index is 277. The second-order valence-corrected chi connectivity index (χ2v) is 4.82. The third-order valence-corrected chi connectivity index (χ3v) is 3.82. The molecule has 4 nitrogen and oxygen atoms in total. The maximum Gasteiger partial charge on any atom is 0.205 e. The van der Waals surface area contributed by atoms with E-state index in [2.05, 4.69) is 0 Å². The third kappa shape index (κ3) is 2.25. The predicted molar refractivity (Wildman–Crippen MR) is 57.4 cm³/mol. The van der Waals surface area contributed by atoms with Gasteiger partial charge in [0.25, 0.3) is 0 Å². The fourth-order valence-electron chi connectivity index (χ4n) is 1.98. The Labute approximate surface area is 103 Å². The first-order valence-corrected chi connectivity index (χ1v) is 6.08. The highest BCUT2D eigenvalue weighted by Gasteiger charge is 2.42. The highest BCUT2D eigenvalue weighted by molar-refractivity contribution is 6.41. The van der Waals surface area contributed by atoms with E-state index in [4.69, 9.17) is 32.7 Å². The second-order valence-electron chi connectivity index (χ2n) is 3.96. The molecule has 0 aromatic heterocycles. The van der Waals surface area contributed by atoms with Crippen molar-refractivity contribution >= 4 is 34.8 Å². The molecule has 2 rings (SSSR count). The average Bonchev–Trinajstić information content (AvgIpc) is 2.85. The Morgan fingerprint density at radius 2 is 1.25 bits per heavy atom. The Morgan fingerprint density at radius 3 is 1.50 bits per heavy atom. The van der Waals surface area contributed by atoms with Gasteiger partial charge in [-0.2, -0.15) is 0 Å². The van der Waals surface area contributed by atoms with Gasteiger partial charge in [-0.3, -0.25) is 9.59 Å². The van der Waals surface area contributed by atoms with Crippen molar-refractivity contribution in [1.82, 2.24) is 0 Å². The molecule has 0 N–H and O–H groups in total. The molecule has 2 aliphatic rings. The van der Waals surface area contributed by atoms with E-state index in [-0.39, 0.29) is 0 Å². The molecule has 0 amide bonds. The highest BCUT2D eigenvalue weighted by Crippen LogP contribution is 2.30. The van der Waals surface area contributed by atoms with Crippen molar-refractivity contribution < 1.29 is 19.1 Å². The zero-order valence-corrected chi connectivity index (χ0v) is 10.0. The number of carbonyl (C=O) groups excluding carboxylic acids is 2. The first-order valence-electron chi connectivity index (χ1n) is 5.20. The minimum atomic E-state index is -0.687. The van der Waals surface area contributed by atoms with E-state index >= 15 is 0 Å². The standard InChI is InChI=1S/C10H12Cl2O4/c11-9-5(1-3-15-9)7(13)8(14)6-2-4-16-10(6)12/h5-6,9-10H,1-4H2. The van der Waals surface area contributed by atoms with Gasteiger partial charge < -0.3 is 9.47 Å². The van der Waals surface area contributed by atoms with Gasteiger partial charge in [-0.1, -0.05) is 23.2 Å². The molecule has 0 aromatic carbocycles. The number of rotatable bonds is 3. The van der Waals surface area contributed by atoms with Crippen LogP contribution in [0.5, 0.6) is 0 Å². The Morgan fingerprint density at radius 1 is 0.875 bits per heavy atom. The van der Waals surface area contributed by atoms with E-state index in [1.165, 1.54) is 0 Å². The molecule has 6 heteroatoms. The number of carbonyl (C=O) groups is 2. The number of ether oxygens (including phenoxy) is 2. The van der Waals surface area contributed by atoms with Crippen LogP contribution in [-0.2, 0) is 19.1 Å². The highest BCUT2D eigenvalue weighted by atomic mass is 35.5. The quantitative estimate of drug-likeness (QED) is 0.571. The molecule has 0 aliphatic carbocycles. The summed E-state index contributed by atoms with van der Waals surface area (Å²) in [5.41, 5.74) is -1.37. The monoisotopic (exact) mass is 266 g/mol. The summed E-state index contributed by atoms with van der Waals surface area (Å²) < 4.78 is 10.1. The van der Waals surface area contributed by atoms with Gasteiger partial charge in [-0.15, -0.1) is 0 Å². The summed E-state index contributed by atoms with van der Waals surface area (Å²) in [6.07, 6.45) is 0.999. The van der Waals surface area contributed by atoms with Crippen molar-refractivity contribution in [3.8, 4) is 0 Å². The van der Waals surface area contributed by atoms with E-state index in [0.717, 1.165) is 0 Å². The van der Waals surface area contributed by atoms with Crippen LogP contribution >= 0.6 is 23.2 Å². The minimum absolute atomic E-state index is 0.420. The molecule has 90 valence electrons. The number of alkyl halides is 2. The van der Waals surface area contributed by atoms with Crippen LogP contribution in [0, 0.1) is 11.8 Å². The summed E-state index contributed by atoms with van der Waals surface area (Å²) in [5, 5.41) is 0. The third-order valence-electron chi connectivity index (χ3n) is 2.96. The van der Waals surface area contributed by atoms with Crippen molar-refractivity contribution in [2.75, 3.05) is 13.2 Å². The van der Waals surface area contributed by atoms with Gasteiger partial charge in [0.05, 0.1) is 11.8 Å². The Balaban J connectivity index is 2.01. The zero-order valence-electron chi connectivity index (χ0n) is 8.53. The second kappa shape index (κ2) is 5.00. The van der Waals surface area contributed by atoms with E-state index in [9.17, 15) is 9.59 Å². The van der Waals surface area contributed by atoms with Crippen molar-refractivity contribution in [3.63, 3.8) is 0 Å². The lowest BCUT2D eigenvalue weighted by Gasteiger charge is -2.14. The van der Waals surface area contributed by atoms with Crippen LogP contribution < -0.4 is 0 Å². The normalized spacial score (nSPS) is 38.9. The van der Waals surface area contributed by atoms with Gasteiger partial charge in [0, 0.05) is 13.2 Å². The summed E-state index contributed by atoms with van der Waals surface area (Å²) >= 11 is 11.6. The summed E-state index contributed by atoms with van der Waals surface area (Å²) in [5.74, 6) is -2.01. The van der Waals surface area contributed by atoms with Crippen LogP contribution in [0.4, 0.5) is 0 Å². The molecule has 0 radical (unpaired) electrons. The van der Waals surface area contributed by atoms with Gasteiger partial charge in [0.2, 0.25) is 11.6 Å². The molecule has 0 saturated carbocycles. The maximum absolute atomic E-state index is 11.9. The fraction of sp³-hybridized carbons (Fsp3) is 0.800. The number of hydrogen-bond donors (Lipinski definition) is 0. The van der Waals surface area contributed by atoms with Crippen LogP contribution in [0.25, 0.3) is 0 Å². The molecule has 2 aliphatic heterocycles. The maximum atomic E-state index is 11.9. The van der Waals surface area contributed by atoms with Crippen LogP contribution in [0.1, 0.15) is 12.8 Å². The van der Waals surface area contributed by atoms with Crippen LogP contribution in [0.3, 0.4) is 0 Å². The lowest BCUT2D eigenvalue weighted by molar-refractivity contribution is -0.141. The summed E-state index contributed by atoms with van der Waals surface area (Å²) in [4.78, 5) is 23.7. The molecule has 2 saturated heterocycles. The molecule has 4 unspecified atom stereocenters. The number of Topliss-reactive ketones (excluding diaryl/α,β-unsaturated/α-hetero) is 2. The molecular formula is C10H12Cl2O4. The van der Waals surface area contributed by atoms with Gasteiger partial charge in [-0.05, 0) is 12.8 Å². The smallest absolute Gasteiger partial charge is 0.205 e. The predicted octanol–water partition coefficient (Wildman–Crippen LogP) is 1.33. The number of halogens is 2. The van der Waals surface area contributed by atoms with Crippen molar-refractivity contribution in [2.24, 2.45) is 11.8 Å². The van der Waals surface area contributed by atoms with Crippen LogP contribution in [0.15, 0.2) is 0 Å². The summed E-state index contributed by atoms with van der Waals surface area (Å²) in [6, 6.07) is 0. The minimum Gasteiger partial charge on any atom is -0.362 e. The van der Waals surface area contributed by atoms with Crippen LogP contribution in [-0.4, -0.2) is 35.9 Å². The molecule has 0 spiro atoms. The first-order chi connectivity index (χ1) is 7.61. The molecule has 16 heavy (non-hydrogen) atoms. The van der Waals surface area contributed by atoms with Crippen LogP contribution in [0.2, 0.25) is 0 Å². The Hall–Kier alpha value is -0.160. The average molecular weight is 267 g/mol. The largest absolute Gasteiger partial charge is 0.362 e. The summed E-state index contributed by atoms with van der Waals surface area (Å²) in [6.45, 7) is 0.840. The number of hydrogen-bond acceptors (Lipinski definition) is 4. The lowest BCUT2D eigenvalue weighted by Crippen LogP contribution is -2.34. The summed E-state index contributed by atoms with van der Waals surface area (Å²) in [7, 11) is 0. The van der Waals surface area contributed by atoms with Crippen molar-refractivity contribution in [2.45, 2.75) is 24.0 Å². The van der Waals surface area contributed by atoms with Gasteiger partial charge in [0.1, 0.15) is 11.1 Å². The first kappa shape index (κ1) is 12.3. The molecule has 2 fully saturated rings. The van der Waals surface area contributed by atoms with Crippen molar-refractivity contribution in [3.05, 3.63) is 0 Å². The molecular weight excluding hydrogens is 255 g/mol. The molecule has 2 heterocycles. The zero-order chi connectivity index (χ0) is 11.7. The number of ketones is 2. The van der Waals surface area contributed by atoms with E-state index in [0.29, 0.717) is 26.1 Å². The molecule has 4 atom stereocenters. The topological polar surface area (TPSA) is 52.6 Å². The van der Waals surface area contributed by atoms with E-state index in [1.807, 2.05) is 0 Å². The van der Waals surface area contributed by atoms with Gasteiger partial charge in [0.15, 0.2) is 0 Å². The van der Waals surface area contributed by atoms with Crippen molar-refractivity contribution in [1.29, 1.82) is 0 Å². The van der Waals surface area contributed by atoms with Gasteiger partial charge >= 0.3 is 0 Å². The fourth-order valence-corrected chi connectivity index (χ4v) is 2.63. The Kier molecular flexibility index (Phi) is 3.85.